The maximum atomic E-state index is 13.1. The second-order valence-corrected chi connectivity index (χ2v) is 9.51. The summed E-state index contributed by atoms with van der Waals surface area (Å²) in [6.45, 7) is 2.15. The van der Waals surface area contributed by atoms with E-state index in [1.807, 2.05) is 4.90 Å². The van der Waals surface area contributed by atoms with Crippen molar-refractivity contribution >= 4 is 11.8 Å². The van der Waals surface area contributed by atoms with Gasteiger partial charge in [0.15, 0.2) is 6.61 Å². The van der Waals surface area contributed by atoms with Crippen LogP contribution in [0.4, 0.5) is 13.2 Å². The maximum absolute atomic E-state index is 13.1. The van der Waals surface area contributed by atoms with Gasteiger partial charge in [0.05, 0.1) is 0 Å². The predicted octanol–water partition coefficient (Wildman–Crippen LogP) is 1.03. The molecule has 34 heavy (non-hydrogen) atoms. The highest BCUT2D eigenvalue weighted by atomic mass is 19.4. The molecule has 4 aliphatic rings. The Balaban J connectivity index is 1.08. The predicted molar refractivity (Wildman–Crippen MR) is 113 cm³/mol. The first kappa shape index (κ1) is 23.2. The zero-order valence-electron chi connectivity index (χ0n) is 18.5. The number of nitrogens with zero attached hydrogens (tertiary/aromatic N) is 2. The molecule has 3 aliphatic heterocycles. The summed E-state index contributed by atoms with van der Waals surface area (Å²) >= 11 is 0. The van der Waals surface area contributed by atoms with Gasteiger partial charge in [0, 0.05) is 62.1 Å². The monoisotopic (exact) mass is 483 g/mol. The summed E-state index contributed by atoms with van der Waals surface area (Å²) in [5, 5.41) is 0. The van der Waals surface area contributed by atoms with Gasteiger partial charge in [-0.1, -0.05) is 6.07 Å². The zero-order valence-corrected chi connectivity index (χ0v) is 18.5. The normalized spacial score (nSPS) is 30.7. The minimum atomic E-state index is -4.79. The van der Waals surface area contributed by atoms with E-state index in [0.717, 1.165) is 25.3 Å². The van der Waals surface area contributed by atoms with Crippen molar-refractivity contribution in [1.82, 2.24) is 26.2 Å². The maximum Gasteiger partial charge on any atom is 0.573 e. The second kappa shape index (κ2) is 9.23. The van der Waals surface area contributed by atoms with E-state index in [0.29, 0.717) is 32.2 Å². The third-order valence-corrected chi connectivity index (χ3v) is 7.27. The molecule has 1 aliphatic carbocycles. The molecule has 4 fully saturated rings. The van der Waals surface area contributed by atoms with Crippen LogP contribution in [-0.2, 0) is 9.59 Å². The molecule has 3 N–H and O–H groups in total. The van der Waals surface area contributed by atoms with E-state index in [-0.39, 0.29) is 48.0 Å². The SMILES string of the molecule is O=C(COc1cccc(OC(F)(F)F)c1)N1C[C@@H]2CN(C(=O)C3CCC4NNNC4C3)C[C@@H]2C1. The number of fused-ring (bicyclic) bond motifs is 2. The Kier molecular flexibility index (Phi) is 6.30. The van der Waals surface area contributed by atoms with Crippen molar-refractivity contribution in [3.05, 3.63) is 24.3 Å². The molecule has 0 bridgehead atoms. The van der Waals surface area contributed by atoms with Crippen LogP contribution in [-0.4, -0.2) is 72.8 Å². The van der Waals surface area contributed by atoms with E-state index in [1.54, 1.807) is 4.90 Å². The van der Waals surface area contributed by atoms with Crippen molar-refractivity contribution in [3.63, 3.8) is 0 Å². The van der Waals surface area contributed by atoms with Crippen molar-refractivity contribution < 1.29 is 32.2 Å². The van der Waals surface area contributed by atoms with Crippen molar-refractivity contribution in [3.8, 4) is 11.5 Å². The third kappa shape index (κ3) is 5.08. The van der Waals surface area contributed by atoms with Crippen molar-refractivity contribution in [2.45, 2.75) is 37.7 Å². The lowest BCUT2D eigenvalue weighted by Gasteiger charge is -2.32. The summed E-state index contributed by atoms with van der Waals surface area (Å²) in [5.74, 6) is 0.216. The number of alkyl halides is 3. The standard InChI is InChI=1S/C22H28F3N5O4/c23-22(24,25)34-17-3-1-2-16(7-17)33-12-20(31)29-8-14-10-30(11-15(14)9-29)21(32)13-4-5-18-19(6-13)27-28-26-18/h1-3,7,13-15,18-19,26-28H,4-6,8-12H2/t13?,14-,15+,18?,19?. The number of carbonyl (C=O) groups is 2. The molecule has 0 spiro atoms. The van der Waals surface area contributed by atoms with Crippen LogP contribution in [0.2, 0.25) is 0 Å². The fraction of sp³-hybridized carbons (Fsp3) is 0.636. The van der Waals surface area contributed by atoms with Crippen LogP contribution in [0.3, 0.4) is 0 Å². The number of ether oxygens (including phenoxy) is 2. The average molecular weight is 483 g/mol. The van der Waals surface area contributed by atoms with Gasteiger partial charge in [-0.05, 0) is 31.4 Å². The van der Waals surface area contributed by atoms with Crippen molar-refractivity contribution in [2.75, 3.05) is 32.8 Å². The number of likely N-dealkylation sites (tertiary alicyclic amines) is 2. The Hall–Kier alpha value is -2.57. The quantitative estimate of drug-likeness (QED) is 0.576. The Morgan fingerprint density at radius 3 is 2.38 bits per heavy atom. The molecule has 3 saturated heterocycles. The summed E-state index contributed by atoms with van der Waals surface area (Å²) in [7, 11) is 0. The molecule has 3 unspecified atom stereocenters. The summed E-state index contributed by atoms with van der Waals surface area (Å²) in [4.78, 5) is 29.4. The van der Waals surface area contributed by atoms with Crippen LogP contribution in [0.15, 0.2) is 24.3 Å². The van der Waals surface area contributed by atoms with Crippen molar-refractivity contribution in [2.24, 2.45) is 17.8 Å². The molecule has 3 heterocycles. The minimum absolute atomic E-state index is 0.0255. The smallest absolute Gasteiger partial charge is 0.484 e. The lowest BCUT2D eigenvalue weighted by atomic mass is 9.82. The fourth-order valence-electron chi connectivity index (χ4n) is 5.59. The van der Waals surface area contributed by atoms with E-state index in [4.69, 9.17) is 4.74 Å². The van der Waals surface area contributed by atoms with Crippen LogP contribution < -0.4 is 25.9 Å². The van der Waals surface area contributed by atoms with Gasteiger partial charge in [0.25, 0.3) is 5.91 Å². The molecule has 12 heteroatoms. The minimum Gasteiger partial charge on any atom is -0.484 e. The number of carbonyl (C=O) groups excluding carboxylic acids is 2. The van der Waals surface area contributed by atoms with E-state index in [9.17, 15) is 22.8 Å². The molecule has 0 aromatic heterocycles. The van der Waals surface area contributed by atoms with Gasteiger partial charge in [0.1, 0.15) is 11.5 Å². The first-order valence-corrected chi connectivity index (χ1v) is 11.6. The lowest BCUT2D eigenvalue weighted by Crippen LogP contribution is -2.45. The number of amides is 2. The molecule has 1 aromatic rings. The highest BCUT2D eigenvalue weighted by Gasteiger charge is 2.45. The van der Waals surface area contributed by atoms with Gasteiger partial charge in [-0.3, -0.25) is 9.59 Å². The molecule has 2 amide bonds. The first-order chi connectivity index (χ1) is 16.2. The van der Waals surface area contributed by atoms with Crippen LogP contribution >= 0.6 is 0 Å². The summed E-state index contributed by atoms with van der Waals surface area (Å²) in [6.07, 6.45) is -2.15. The van der Waals surface area contributed by atoms with Gasteiger partial charge < -0.3 is 19.3 Å². The van der Waals surface area contributed by atoms with Gasteiger partial charge in [-0.2, -0.15) is 5.53 Å². The number of rotatable bonds is 5. The number of hydrazine groups is 2. The number of nitrogens with one attached hydrogen (secondary N) is 3. The van der Waals surface area contributed by atoms with Gasteiger partial charge >= 0.3 is 6.36 Å². The van der Waals surface area contributed by atoms with E-state index < -0.39 is 12.1 Å². The Labute approximate surface area is 194 Å². The molecular weight excluding hydrogens is 455 g/mol. The molecule has 5 atom stereocenters. The van der Waals surface area contributed by atoms with Gasteiger partial charge in [-0.25, -0.2) is 10.9 Å². The molecule has 9 nitrogen and oxygen atoms in total. The largest absolute Gasteiger partial charge is 0.573 e. The Morgan fingerprint density at radius 1 is 0.971 bits per heavy atom. The highest BCUT2D eigenvalue weighted by molar-refractivity contribution is 5.80. The number of benzene rings is 1. The van der Waals surface area contributed by atoms with Crippen LogP contribution in [0.1, 0.15) is 19.3 Å². The molecule has 1 saturated carbocycles. The van der Waals surface area contributed by atoms with Crippen LogP contribution in [0.25, 0.3) is 0 Å². The Morgan fingerprint density at radius 2 is 1.65 bits per heavy atom. The summed E-state index contributed by atoms with van der Waals surface area (Å²) in [6, 6.07) is 5.74. The van der Waals surface area contributed by atoms with E-state index >= 15 is 0 Å². The van der Waals surface area contributed by atoms with Crippen LogP contribution in [0.5, 0.6) is 11.5 Å². The Bertz CT molecular complexity index is 918. The molecule has 1 aromatic carbocycles. The molecule has 0 radical (unpaired) electrons. The highest BCUT2D eigenvalue weighted by Crippen LogP contribution is 2.35. The molecule has 186 valence electrons. The third-order valence-electron chi connectivity index (χ3n) is 7.27. The van der Waals surface area contributed by atoms with Gasteiger partial charge in [0.2, 0.25) is 5.91 Å². The van der Waals surface area contributed by atoms with Crippen molar-refractivity contribution in [1.29, 1.82) is 0 Å². The topological polar surface area (TPSA) is 95.2 Å². The number of halogens is 3. The summed E-state index contributed by atoms with van der Waals surface area (Å²) < 4.78 is 46.4. The number of hydrogen-bond acceptors (Lipinski definition) is 7. The lowest BCUT2D eigenvalue weighted by molar-refractivity contribution is -0.274. The first-order valence-electron chi connectivity index (χ1n) is 11.6. The molecule has 5 rings (SSSR count). The van der Waals surface area contributed by atoms with E-state index in [1.165, 1.54) is 18.2 Å². The summed E-state index contributed by atoms with van der Waals surface area (Å²) in [5.41, 5.74) is 9.32. The van der Waals surface area contributed by atoms with Gasteiger partial charge in [-0.15, -0.1) is 13.2 Å². The second-order valence-electron chi connectivity index (χ2n) is 9.51. The number of hydrogen-bond donors (Lipinski definition) is 3. The average Bonchev–Trinajstić information content (AvgIpc) is 3.50. The zero-order chi connectivity index (χ0) is 23.9. The fourth-order valence-corrected chi connectivity index (χ4v) is 5.59. The van der Waals surface area contributed by atoms with Crippen LogP contribution in [0, 0.1) is 17.8 Å². The molecular formula is C22H28F3N5O4. The van der Waals surface area contributed by atoms with E-state index in [2.05, 4.69) is 21.1 Å².